The molecule has 106 valence electrons. The third-order valence-corrected chi connectivity index (χ3v) is 3.47. The molecule has 0 aliphatic carbocycles. The first-order valence-corrected chi connectivity index (χ1v) is 6.78. The Hall–Kier alpha value is -1.58. The van der Waals surface area contributed by atoms with Crippen molar-refractivity contribution in [3.05, 3.63) is 63.9 Å². The Morgan fingerprint density at radius 3 is 2.60 bits per heavy atom. The number of hydrogen-bond acceptors (Lipinski definition) is 2. The van der Waals surface area contributed by atoms with Gasteiger partial charge in [0, 0.05) is 11.6 Å². The monoisotopic (exact) mass is 293 g/mol. The predicted molar refractivity (Wildman–Crippen MR) is 79.5 cm³/mol. The highest BCUT2D eigenvalue weighted by molar-refractivity contribution is 6.31. The molecule has 0 saturated carbocycles. The van der Waals surface area contributed by atoms with E-state index >= 15 is 0 Å². The van der Waals surface area contributed by atoms with E-state index in [9.17, 15) is 4.39 Å². The third-order valence-electron chi connectivity index (χ3n) is 3.12. The Morgan fingerprint density at radius 1 is 1.25 bits per heavy atom. The van der Waals surface area contributed by atoms with Crippen LogP contribution in [0.3, 0.4) is 0 Å². The molecule has 2 aromatic rings. The molecule has 2 aromatic carbocycles. The molecule has 2 rings (SSSR count). The highest BCUT2D eigenvalue weighted by Crippen LogP contribution is 2.24. The Balaban J connectivity index is 2.11. The molecule has 2 N–H and O–H groups in total. The maximum Gasteiger partial charge on any atom is 0.124 e. The summed E-state index contributed by atoms with van der Waals surface area (Å²) in [5.74, 6) is 0.422. The standard InChI is InChI=1S/C16H17ClFNO/c1-10-7-12(11(2)19)4-6-16(10)20-9-13-3-5-14(18)8-15(13)17/h3-8,11H,9,19H2,1-2H3. The summed E-state index contributed by atoms with van der Waals surface area (Å²) in [6, 6.07) is 10.1. The molecule has 0 amide bonds. The maximum absolute atomic E-state index is 13.0. The zero-order valence-corrected chi connectivity index (χ0v) is 12.2. The van der Waals surface area contributed by atoms with Crippen molar-refractivity contribution in [2.45, 2.75) is 26.5 Å². The second-order valence-corrected chi connectivity index (χ2v) is 5.25. The van der Waals surface area contributed by atoms with E-state index in [0.29, 0.717) is 11.6 Å². The molecule has 1 atom stereocenters. The van der Waals surface area contributed by atoms with Crippen LogP contribution in [0.5, 0.6) is 5.75 Å². The molecule has 1 unspecified atom stereocenters. The van der Waals surface area contributed by atoms with E-state index in [1.165, 1.54) is 12.1 Å². The number of aryl methyl sites for hydroxylation is 1. The highest BCUT2D eigenvalue weighted by Gasteiger charge is 2.07. The molecule has 0 radical (unpaired) electrons. The van der Waals surface area contributed by atoms with E-state index in [4.69, 9.17) is 22.1 Å². The molecular formula is C16H17ClFNO. The van der Waals surface area contributed by atoms with E-state index < -0.39 is 0 Å². The molecule has 0 bridgehead atoms. The summed E-state index contributed by atoms with van der Waals surface area (Å²) >= 11 is 5.97. The van der Waals surface area contributed by atoms with Gasteiger partial charge in [0.15, 0.2) is 0 Å². The van der Waals surface area contributed by atoms with Crippen LogP contribution in [-0.2, 0) is 6.61 Å². The SMILES string of the molecule is Cc1cc(C(C)N)ccc1OCc1ccc(F)cc1Cl. The highest BCUT2D eigenvalue weighted by atomic mass is 35.5. The summed E-state index contributed by atoms with van der Waals surface area (Å²) in [5, 5.41) is 0.370. The van der Waals surface area contributed by atoms with Crippen molar-refractivity contribution in [2.75, 3.05) is 0 Å². The van der Waals surface area contributed by atoms with Crippen molar-refractivity contribution >= 4 is 11.6 Å². The Labute approximate surface area is 123 Å². The normalized spacial score (nSPS) is 12.2. The molecule has 20 heavy (non-hydrogen) atoms. The van der Waals surface area contributed by atoms with E-state index in [1.807, 2.05) is 32.0 Å². The van der Waals surface area contributed by atoms with Crippen molar-refractivity contribution in [3.63, 3.8) is 0 Å². The summed E-state index contributed by atoms with van der Waals surface area (Å²) in [4.78, 5) is 0. The summed E-state index contributed by atoms with van der Waals surface area (Å²) < 4.78 is 18.7. The van der Waals surface area contributed by atoms with Crippen molar-refractivity contribution in [1.29, 1.82) is 0 Å². The van der Waals surface area contributed by atoms with Crippen LogP contribution in [0.4, 0.5) is 4.39 Å². The third kappa shape index (κ3) is 3.50. The van der Waals surface area contributed by atoms with Crippen LogP contribution in [0, 0.1) is 12.7 Å². The molecule has 0 fully saturated rings. The molecule has 0 aliphatic heterocycles. The molecule has 0 saturated heterocycles. The lowest BCUT2D eigenvalue weighted by Crippen LogP contribution is -2.05. The average molecular weight is 294 g/mol. The van der Waals surface area contributed by atoms with Crippen LogP contribution in [0.25, 0.3) is 0 Å². The van der Waals surface area contributed by atoms with Gasteiger partial charge in [-0.3, -0.25) is 0 Å². The zero-order chi connectivity index (χ0) is 14.7. The molecular weight excluding hydrogens is 277 g/mol. The number of benzene rings is 2. The largest absolute Gasteiger partial charge is 0.489 e. The Morgan fingerprint density at radius 2 is 2.00 bits per heavy atom. The summed E-state index contributed by atoms with van der Waals surface area (Å²) in [5.41, 5.74) is 8.67. The van der Waals surface area contributed by atoms with E-state index in [0.717, 1.165) is 22.4 Å². The Bertz CT molecular complexity index is 613. The summed E-state index contributed by atoms with van der Waals surface area (Å²) in [6.07, 6.45) is 0. The van der Waals surface area contributed by atoms with Crippen LogP contribution in [-0.4, -0.2) is 0 Å². The fourth-order valence-corrected chi connectivity index (χ4v) is 2.13. The van der Waals surface area contributed by atoms with Crippen LogP contribution in [0.15, 0.2) is 36.4 Å². The minimum Gasteiger partial charge on any atom is -0.489 e. The fourth-order valence-electron chi connectivity index (χ4n) is 1.91. The lowest BCUT2D eigenvalue weighted by molar-refractivity contribution is 0.304. The molecule has 0 aliphatic rings. The van der Waals surface area contributed by atoms with Gasteiger partial charge in [0.1, 0.15) is 18.2 Å². The fraction of sp³-hybridized carbons (Fsp3) is 0.250. The van der Waals surface area contributed by atoms with Gasteiger partial charge in [-0.25, -0.2) is 4.39 Å². The van der Waals surface area contributed by atoms with Gasteiger partial charge in [-0.05, 0) is 43.2 Å². The first-order valence-electron chi connectivity index (χ1n) is 6.40. The number of ether oxygens (including phenoxy) is 1. The van der Waals surface area contributed by atoms with Gasteiger partial charge < -0.3 is 10.5 Å². The van der Waals surface area contributed by atoms with Gasteiger partial charge >= 0.3 is 0 Å². The number of hydrogen-bond donors (Lipinski definition) is 1. The van der Waals surface area contributed by atoms with Gasteiger partial charge in [0.25, 0.3) is 0 Å². The van der Waals surface area contributed by atoms with Gasteiger partial charge in [0.2, 0.25) is 0 Å². The topological polar surface area (TPSA) is 35.2 Å². The second kappa shape index (κ2) is 6.25. The number of nitrogens with two attached hydrogens (primary N) is 1. The molecule has 4 heteroatoms. The van der Waals surface area contributed by atoms with Crippen LogP contribution >= 0.6 is 11.6 Å². The maximum atomic E-state index is 13.0. The second-order valence-electron chi connectivity index (χ2n) is 4.84. The summed E-state index contributed by atoms with van der Waals surface area (Å²) in [7, 11) is 0. The predicted octanol–water partition coefficient (Wildman–Crippen LogP) is 4.39. The zero-order valence-electron chi connectivity index (χ0n) is 11.5. The van der Waals surface area contributed by atoms with Gasteiger partial charge in [-0.15, -0.1) is 0 Å². The van der Waals surface area contributed by atoms with E-state index in [-0.39, 0.29) is 11.9 Å². The average Bonchev–Trinajstić information content (AvgIpc) is 2.38. The minimum absolute atomic E-state index is 0.00528. The Kier molecular flexibility index (Phi) is 4.63. The molecule has 0 aromatic heterocycles. The minimum atomic E-state index is -0.351. The lowest BCUT2D eigenvalue weighted by atomic mass is 10.1. The van der Waals surface area contributed by atoms with Crippen molar-refractivity contribution in [3.8, 4) is 5.75 Å². The number of rotatable bonds is 4. The van der Waals surface area contributed by atoms with Gasteiger partial charge in [-0.2, -0.15) is 0 Å². The smallest absolute Gasteiger partial charge is 0.124 e. The first kappa shape index (κ1) is 14.8. The van der Waals surface area contributed by atoms with E-state index in [2.05, 4.69) is 0 Å². The quantitative estimate of drug-likeness (QED) is 0.907. The van der Waals surface area contributed by atoms with Crippen LogP contribution in [0.2, 0.25) is 5.02 Å². The van der Waals surface area contributed by atoms with Crippen LogP contribution in [0.1, 0.15) is 29.7 Å². The lowest BCUT2D eigenvalue weighted by Gasteiger charge is -2.13. The van der Waals surface area contributed by atoms with E-state index in [1.54, 1.807) is 6.07 Å². The molecule has 0 heterocycles. The molecule has 2 nitrogen and oxygen atoms in total. The van der Waals surface area contributed by atoms with Gasteiger partial charge in [0.05, 0.1) is 5.02 Å². The summed E-state index contributed by atoms with van der Waals surface area (Å²) in [6.45, 7) is 4.21. The van der Waals surface area contributed by atoms with Gasteiger partial charge in [-0.1, -0.05) is 29.8 Å². The number of halogens is 2. The van der Waals surface area contributed by atoms with Crippen molar-refractivity contribution in [1.82, 2.24) is 0 Å². The molecule has 0 spiro atoms. The van der Waals surface area contributed by atoms with Crippen molar-refractivity contribution in [2.24, 2.45) is 5.73 Å². The van der Waals surface area contributed by atoms with Crippen LogP contribution < -0.4 is 10.5 Å². The van der Waals surface area contributed by atoms with Crippen molar-refractivity contribution < 1.29 is 9.13 Å². The first-order chi connectivity index (χ1) is 9.47.